The van der Waals surface area contributed by atoms with E-state index in [2.05, 4.69) is 4.98 Å². The third-order valence-electron chi connectivity index (χ3n) is 6.67. The van der Waals surface area contributed by atoms with E-state index in [0.717, 1.165) is 34.3 Å². The zero-order chi connectivity index (χ0) is 24.5. The van der Waals surface area contributed by atoms with Gasteiger partial charge in [0.05, 0.1) is 17.3 Å². The molecule has 3 aromatic carbocycles. The van der Waals surface area contributed by atoms with Crippen molar-refractivity contribution in [2.45, 2.75) is 24.7 Å². The number of alkyl halides is 3. The SMILES string of the molecule is O=C1[C@@H]2Cc3c([nH]c4ccccc34)[C@@H](c3cccc(O)c3)N2C(=S)N1c1cccc(C(F)(F)F)c1. The number of nitrogens with one attached hydrogen (secondary N) is 1. The lowest BCUT2D eigenvalue weighted by Gasteiger charge is -2.37. The molecule has 0 aliphatic carbocycles. The van der Waals surface area contributed by atoms with Crippen LogP contribution in [0, 0.1) is 0 Å². The maximum absolute atomic E-state index is 13.7. The van der Waals surface area contributed by atoms with Crippen LogP contribution in [0.3, 0.4) is 0 Å². The highest BCUT2D eigenvalue weighted by Gasteiger charge is 2.51. The van der Waals surface area contributed by atoms with E-state index in [1.165, 1.54) is 17.0 Å². The Bertz CT molecular complexity index is 1510. The summed E-state index contributed by atoms with van der Waals surface area (Å²) in [5.74, 6) is -0.316. The summed E-state index contributed by atoms with van der Waals surface area (Å²) >= 11 is 5.73. The molecule has 2 N–H and O–H groups in total. The molecule has 1 amide bonds. The number of thiocarbonyl (C=S) groups is 1. The van der Waals surface area contributed by atoms with E-state index in [4.69, 9.17) is 12.2 Å². The third-order valence-corrected chi connectivity index (χ3v) is 7.06. The number of halogens is 3. The monoisotopic (exact) mass is 493 g/mol. The number of hydrogen-bond acceptors (Lipinski definition) is 3. The van der Waals surface area contributed by atoms with Crippen LogP contribution < -0.4 is 4.90 Å². The number of carbonyl (C=O) groups is 1. The van der Waals surface area contributed by atoms with E-state index in [0.29, 0.717) is 12.0 Å². The van der Waals surface area contributed by atoms with Crippen LogP contribution >= 0.6 is 12.2 Å². The standard InChI is InChI=1S/C26H18F3N3O2S/c27-26(28,29)15-6-4-7-16(12-15)31-24(34)21-13-19-18-9-1-2-10-20(18)30-22(19)23(32(21)25(31)35)14-5-3-8-17(33)11-14/h1-12,21,23,30,33H,13H2/t21-,23+/m0/s1. The number of anilines is 1. The molecule has 2 aliphatic heterocycles. The number of hydrogen-bond donors (Lipinski definition) is 2. The van der Waals surface area contributed by atoms with Gasteiger partial charge in [-0.2, -0.15) is 13.2 Å². The highest BCUT2D eigenvalue weighted by Crippen LogP contribution is 2.45. The van der Waals surface area contributed by atoms with E-state index in [-0.39, 0.29) is 22.5 Å². The maximum Gasteiger partial charge on any atom is 0.416 e. The summed E-state index contributed by atoms with van der Waals surface area (Å²) in [6.07, 6.45) is -4.20. The van der Waals surface area contributed by atoms with Gasteiger partial charge in [-0.25, -0.2) is 0 Å². The smallest absolute Gasteiger partial charge is 0.416 e. The number of benzene rings is 3. The first kappa shape index (κ1) is 21.7. The van der Waals surface area contributed by atoms with Crippen molar-refractivity contribution in [1.82, 2.24) is 9.88 Å². The molecule has 1 saturated heterocycles. The molecule has 2 atom stereocenters. The van der Waals surface area contributed by atoms with Crippen LogP contribution in [0.1, 0.15) is 28.4 Å². The van der Waals surface area contributed by atoms with Gasteiger partial charge in [-0.3, -0.25) is 9.69 Å². The van der Waals surface area contributed by atoms with Gasteiger partial charge in [-0.15, -0.1) is 0 Å². The Labute approximate surface area is 203 Å². The molecular formula is C26H18F3N3O2S. The van der Waals surface area contributed by atoms with Gasteiger partial charge in [0.15, 0.2) is 5.11 Å². The normalized spacial score (nSPS) is 19.9. The van der Waals surface area contributed by atoms with Crippen molar-refractivity contribution < 1.29 is 23.1 Å². The molecule has 4 aromatic rings. The number of aromatic amines is 1. The third kappa shape index (κ3) is 3.30. The number of carbonyl (C=O) groups excluding carboxylic acids is 1. The summed E-state index contributed by atoms with van der Waals surface area (Å²) in [5.41, 5.74) is 2.65. The largest absolute Gasteiger partial charge is 0.508 e. The lowest BCUT2D eigenvalue weighted by atomic mass is 9.89. The number of phenolic OH excluding ortho intramolecular Hbond substituents is 1. The molecule has 0 bridgehead atoms. The van der Waals surface area contributed by atoms with Crippen LogP contribution in [0.5, 0.6) is 5.75 Å². The van der Waals surface area contributed by atoms with Crippen molar-refractivity contribution in [2.24, 2.45) is 0 Å². The van der Waals surface area contributed by atoms with Crippen LogP contribution in [-0.4, -0.2) is 32.1 Å². The van der Waals surface area contributed by atoms with Crippen LogP contribution in [0.4, 0.5) is 18.9 Å². The Morgan fingerprint density at radius 3 is 2.54 bits per heavy atom. The van der Waals surface area contributed by atoms with E-state index >= 15 is 0 Å². The van der Waals surface area contributed by atoms with Crippen molar-refractivity contribution >= 4 is 39.8 Å². The molecule has 2 aliphatic rings. The predicted octanol–water partition coefficient (Wildman–Crippen LogP) is 5.54. The van der Waals surface area contributed by atoms with Crippen molar-refractivity contribution in [2.75, 3.05) is 4.90 Å². The molecule has 0 saturated carbocycles. The summed E-state index contributed by atoms with van der Waals surface area (Å²) in [6.45, 7) is 0. The lowest BCUT2D eigenvalue weighted by Crippen LogP contribution is -2.44. The Kier molecular flexibility index (Phi) is 4.69. The molecule has 1 aromatic heterocycles. The maximum atomic E-state index is 13.7. The number of amides is 1. The van der Waals surface area contributed by atoms with Gasteiger partial charge in [0, 0.05) is 23.0 Å². The minimum absolute atomic E-state index is 0.0634. The van der Waals surface area contributed by atoms with Crippen molar-refractivity contribution in [1.29, 1.82) is 0 Å². The molecule has 9 heteroatoms. The van der Waals surface area contributed by atoms with Crippen LogP contribution in [0.2, 0.25) is 0 Å². The first-order valence-electron chi connectivity index (χ1n) is 11.0. The molecule has 6 rings (SSSR count). The second kappa shape index (κ2) is 7.58. The summed E-state index contributed by atoms with van der Waals surface area (Å²) in [6, 6.07) is 17.9. The fraction of sp³-hybridized carbons (Fsp3) is 0.154. The Morgan fingerprint density at radius 1 is 1.00 bits per heavy atom. The number of phenols is 1. The van der Waals surface area contributed by atoms with Crippen LogP contribution in [-0.2, 0) is 17.4 Å². The zero-order valence-electron chi connectivity index (χ0n) is 18.1. The number of H-pyrrole nitrogens is 1. The molecule has 5 nitrogen and oxygen atoms in total. The highest BCUT2D eigenvalue weighted by molar-refractivity contribution is 7.80. The molecule has 1 fully saturated rings. The average molecular weight is 494 g/mol. The van der Waals surface area contributed by atoms with Gasteiger partial charge in [0.2, 0.25) is 0 Å². The minimum atomic E-state index is -4.55. The highest BCUT2D eigenvalue weighted by atomic mass is 32.1. The second-order valence-electron chi connectivity index (χ2n) is 8.69. The van der Waals surface area contributed by atoms with E-state index in [1.54, 1.807) is 23.1 Å². The van der Waals surface area contributed by atoms with E-state index in [1.807, 2.05) is 30.3 Å². The number of para-hydroxylation sites is 1. The molecule has 0 radical (unpaired) electrons. The van der Waals surface area contributed by atoms with Crippen LogP contribution in [0.15, 0.2) is 72.8 Å². The first-order chi connectivity index (χ1) is 16.7. The fourth-order valence-corrected chi connectivity index (χ4v) is 5.60. The quantitative estimate of drug-likeness (QED) is 0.360. The van der Waals surface area contributed by atoms with Gasteiger partial charge in [-0.05, 0) is 59.7 Å². The number of nitrogens with zero attached hydrogens (tertiary/aromatic N) is 2. The van der Waals surface area contributed by atoms with E-state index < -0.39 is 23.8 Å². The number of aromatic hydroxyl groups is 1. The Hall–Kier alpha value is -3.85. The molecule has 3 heterocycles. The molecule has 0 unspecified atom stereocenters. The van der Waals surface area contributed by atoms with Crippen molar-refractivity contribution in [3.05, 3.63) is 95.2 Å². The summed E-state index contributed by atoms with van der Waals surface area (Å²) < 4.78 is 40.1. The van der Waals surface area contributed by atoms with Gasteiger partial charge < -0.3 is 15.0 Å². The zero-order valence-corrected chi connectivity index (χ0v) is 18.9. The Morgan fingerprint density at radius 2 is 1.77 bits per heavy atom. The number of fused-ring (bicyclic) bond motifs is 4. The van der Waals surface area contributed by atoms with Gasteiger partial charge in [0.25, 0.3) is 5.91 Å². The Balaban J connectivity index is 1.52. The summed E-state index contributed by atoms with van der Waals surface area (Å²) in [4.78, 5) is 20.1. The summed E-state index contributed by atoms with van der Waals surface area (Å²) in [5, 5.41) is 11.3. The second-order valence-corrected chi connectivity index (χ2v) is 9.06. The van der Waals surface area contributed by atoms with Gasteiger partial charge >= 0.3 is 6.18 Å². The first-order valence-corrected chi connectivity index (χ1v) is 11.4. The topological polar surface area (TPSA) is 59.6 Å². The molecule has 35 heavy (non-hydrogen) atoms. The molecule has 176 valence electrons. The van der Waals surface area contributed by atoms with Crippen molar-refractivity contribution in [3.8, 4) is 5.75 Å². The molecular weight excluding hydrogens is 475 g/mol. The minimum Gasteiger partial charge on any atom is -0.508 e. The fourth-order valence-electron chi connectivity index (χ4n) is 5.17. The lowest BCUT2D eigenvalue weighted by molar-refractivity contribution is -0.137. The predicted molar refractivity (Wildman–Crippen MR) is 129 cm³/mol. The van der Waals surface area contributed by atoms with Gasteiger partial charge in [-0.1, -0.05) is 36.4 Å². The number of rotatable bonds is 2. The van der Waals surface area contributed by atoms with Crippen molar-refractivity contribution in [3.63, 3.8) is 0 Å². The average Bonchev–Trinajstić information content (AvgIpc) is 3.32. The number of aromatic nitrogens is 1. The molecule has 0 spiro atoms. The van der Waals surface area contributed by atoms with Crippen LogP contribution in [0.25, 0.3) is 10.9 Å². The summed E-state index contributed by atoms with van der Waals surface area (Å²) in [7, 11) is 0. The van der Waals surface area contributed by atoms with Gasteiger partial charge in [0.1, 0.15) is 11.8 Å². The van der Waals surface area contributed by atoms with E-state index in [9.17, 15) is 23.1 Å².